The first-order chi connectivity index (χ1) is 10.8. The summed E-state index contributed by atoms with van der Waals surface area (Å²) in [6, 6.07) is 4.89. The van der Waals surface area contributed by atoms with Crippen molar-refractivity contribution in [3.8, 4) is 5.75 Å². The first-order valence-corrected chi connectivity index (χ1v) is 9.79. The second-order valence-electron chi connectivity index (χ2n) is 5.50. The molecule has 1 N–H and O–H groups in total. The molecule has 0 aliphatic carbocycles. The predicted molar refractivity (Wildman–Crippen MR) is 90.8 cm³/mol. The van der Waals surface area contributed by atoms with Gasteiger partial charge in [-0.25, -0.2) is 8.42 Å². The van der Waals surface area contributed by atoms with E-state index in [-0.39, 0.29) is 6.61 Å². The third kappa shape index (κ3) is 5.77. The van der Waals surface area contributed by atoms with Crippen LogP contribution in [0, 0.1) is 0 Å². The molecule has 0 amide bonds. The molecule has 0 spiro atoms. The van der Waals surface area contributed by atoms with Gasteiger partial charge in [-0.05, 0) is 12.1 Å². The van der Waals surface area contributed by atoms with Gasteiger partial charge in [-0.15, -0.1) is 0 Å². The number of nitrogens with zero attached hydrogens (tertiary/aromatic N) is 2. The Morgan fingerprint density at radius 1 is 1.26 bits per heavy atom. The van der Waals surface area contributed by atoms with Gasteiger partial charge in [0.1, 0.15) is 18.5 Å². The van der Waals surface area contributed by atoms with E-state index in [2.05, 4.69) is 0 Å². The molecule has 0 aromatic heterocycles. The highest BCUT2D eigenvalue weighted by Gasteiger charge is 2.24. The first kappa shape index (κ1) is 18.8. The molecule has 2 rings (SSSR count). The van der Waals surface area contributed by atoms with Crippen molar-refractivity contribution in [2.75, 3.05) is 45.6 Å². The van der Waals surface area contributed by atoms with Crippen LogP contribution in [0.3, 0.4) is 0 Å². The van der Waals surface area contributed by atoms with Crippen LogP contribution in [-0.4, -0.2) is 74.4 Å². The molecule has 1 aliphatic heterocycles. The van der Waals surface area contributed by atoms with E-state index < -0.39 is 16.1 Å². The van der Waals surface area contributed by atoms with E-state index in [0.717, 1.165) is 0 Å². The molecule has 0 radical (unpaired) electrons. The summed E-state index contributed by atoms with van der Waals surface area (Å²) < 4.78 is 29.8. The van der Waals surface area contributed by atoms with Crippen LogP contribution in [0.5, 0.6) is 5.75 Å². The van der Waals surface area contributed by atoms with Crippen molar-refractivity contribution < 1.29 is 18.3 Å². The van der Waals surface area contributed by atoms with Crippen molar-refractivity contribution >= 4 is 33.2 Å². The van der Waals surface area contributed by atoms with Gasteiger partial charge in [0, 0.05) is 43.8 Å². The highest BCUT2D eigenvalue weighted by atomic mass is 35.5. The summed E-state index contributed by atoms with van der Waals surface area (Å²) in [5.74, 6) is 0.431. The Morgan fingerprint density at radius 3 is 2.52 bits per heavy atom. The fourth-order valence-corrected chi connectivity index (χ4v) is 3.53. The quantitative estimate of drug-likeness (QED) is 0.802. The van der Waals surface area contributed by atoms with Crippen LogP contribution in [0.15, 0.2) is 18.2 Å². The molecule has 0 bridgehead atoms. The van der Waals surface area contributed by atoms with Crippen molar-refractivity contribution in [3.63, 3.8) is 0 Å². The number of piperazine rings is 1. The highest BCUT2D eigenvalue weighted by molar-refractivity contribution is 7.88. The molecule has 0 saturated carbocycles. The van der Waals surface area contributed by atoms with Gasteiger partial charge in [0.15, 0.2) is 0 Å². The second kappa shape index (κ2) is 8.00. The minimum atomic E-state index is -3.14. The molecule has 130 valence electrons. The summed E-state index contributed by atoms with van der Waals surface area (Å²) in [7, 11) is -3.14. The summed E-state index contributed by atoms with van der Waals surface area (Å²) in [5, 5.41) is 11.0. The Bertz CT molecular complexity index is 634. The van der Waals surface area contributed by atoms with Gasteiger partial charge < -0.3 is 9.84 Å². The van der Waals surface area contributed by atoms with Gasteiger partial charge in [-0.1, -0.05) is 23.2 Å². The van der Waals surface area contributed by atoms with E-state index in [1.54, 1.807) is 18.2 Å². The standard InChI is InChI=1S/C14H20Cl2N2O4S/c1-23(20,21)18-6-4-17(5-7-18)9-12(19)10-22-14-8-11(15)2-3-13(14)16/h2-3,8,12,19H,4-7,9-10H2,1H3/t12-/m0/s1. The maximum atomic E-state index is 11.4. The summed E-state index contributed by atoms with van der Waals surface area (Å²) in [4.78, 5) is 2.01. The van der Waals surface area contributed by atoms with E-state index in [9.17, 15) is 13.5 Å². The molecule has 1 fully saturated rings. The maximum Gasteiger partial charge on any atom is 0.211 e. The van der Waals surface area contributed by atoms with Crippen LogP contribution >= 0.6 is 23.2 Å². The van der Waals surface area contributed by atoms with Crippen molar-refractivity contribution in [1.82, 2.24) is 9.21 Å². The average molecular weight is 383 g/mol. The Labute approximate surface area is 146 Å². The molecule has 1 aromatic carbocycles. The lowest BCUT2D eigenvalue weighted by Gasteiger charge is -2.34. The van der Waals surface area contributed by atoms with E-state index in [0.29, 0.717) is 48.5 Å². The Kier molecular flexibility index (Phi) is 6.53. The van der Waals surface area contributed by atoms with Crippen LogP contribution in [0.1, 0.15) is 0 Å². The number of β-amino-alcohol motifs (C(OH)–C–C–N with tert-alkyl or cyclic N) is 1. The zero-order chi connectivity index (χ0) is 17.0. The summed E-state index contributed by atoms with van der Waals surface area (Å²) in [5.41, 5.74) is 0. The Hall–Kier alpha value is -0.570. The summed E-state index contributed by atoms with van der Waals surface area (Å²) in [6.45, 7) is 2.55. The number of aliphatic hydroxyl groups is 1. The zero-order valence-electron chi connectivity index (χ0n) is 12.8. The minimum absolute atomic E-state index is 0.0896. The fraction of sp³-hybridized carbons (Fsp3) is 0.571. The minimum Gasteiger partial charge on any atom is -0.489 e. The average Bonchev–Trinajstić information content (AvgIpc) is 2.48. The van der Waals surface area contributed by atoms with E-state index in [1.807, 2.05) is 4.90 Å². The van der Waals surface area contributed by atoms with Crippen LogP contribution in [0.25, 0.3) is 0 Å². The van der Waals surface area contributed by atoms with Crippen molar-refractivity contribution in [2.45, 2.75) is 6.10 Å². The number of ether oxygens (including phenoxy) is 1. The van der Waals surface area contributed by atoms with Crippen molar-refractivity contribution in [2.24, 2.45) is 0 Å². The molecule has 1 aliphatic rings. The van der Waals surface area contributed by atoms with Gasteiger partial charge >= 0.3 is 0 Å². The molecule has 0 unspecified atom stereocenters. The number of benzene rings is 1. The molecule has 1 heterocycles. The first-order valence-electron chi connectivity index (χ1n) is 7.19. The lowest BCUT2D eigenvalue weighted by molar-refractivity contribution is 0.0570. The van der Waals surface area contributed by atoms with Crippen LogP contribution < -0.4 is 4.74 Å². The lowest BCUT2D eigenvalue weighted by atomic mass is 10.3. The molecule has 9 heteroatoms. The molecule has 1 saturated heterocycles. The Morgan fingerprint density at radius 2 is 1.91 bits per heavy atom. The van der Waals surface area contributed by atoms with Gasteiger partial charge in [0.25, 0.3) is 0 Å². The van der Waals surface area contributed by atoms with Gasteiger partial charge in [0.2, 0.25) is 10.0 Å². The number of sulfonamides is 1. The fourth-order valence-electron chi connectivity index (χ4n) is 2.37. The smallest absolute Gasteiger partial charge is 0.211 e. The number of rotatable bonds is 6. The van der Waals surface area contributed by atoms with Crippen LogP contribution in [0.4, 0.5) is 0 Å². The number of aliphatic hydroxyl groups excluding tert-OH is 1. The van der Waals surface area contributed by atoms with Gasteiger partial charge in [0.05, 0.1) is 11.3 Å². The van der Waals surface area contributed by atoms with E-state index >= 15 is 0 Å². The largest absolute Gasteiger partial charge is 0.489 e. The van der Waals surface area contributed by atoms with Crippen molar-refractivity contribution in [3.05, 3.63) is 28.2 Å². The maximum absolute atomic E-state index is 11.4. The second-order valence-corrected chi connectivity index (χ2v) is 8.33. The SMILES string of the molecule is CS(=O)(=O)N1CCN(C[C@H](O)COc2cc(Cl)ccc2Cl)CC1. The van der Waals surface area contributed by atoms with Crippen molar-refractivity contribution in [1.29, 1.82) is 0 Å². The van der Waals surface area contributed by atoms with Gasteiger partial charge in [-0.3, -0.25) is 4.90 Å². The third-order valence-electron chi connectivity index (χ3n) is 3.59. The number of hydrogen-bond donors (Lipinski definition) is 1. The monoisotopic (exact) mass is 382 g/mol. The third-order valence-corrected chi connectivity index (χ3v) is 5.44. The molecular formula is C14H20Cl2N2O4S. The molecular weight excluding hydrogens is 363 g/mol. The predicted octanol–water partition coefficient (Wildman–Crippen LogP) is 1.31. The molecule has 23 heavy (non-hydrogen) atoms. The molecule has 1 aromatic rings. The van der Waals surface area contributed by atoms with E-state index in [4.69, 9.17) is 27.9 Å². The van der Waals surface area contributed by atoms with Crippen LogP contribution in [-0.2, 0) is 10.0 Å². The Balaban J connectivity index is 1.77. The zero-order valence-corrected chi connectivity index (χ0v) is 15.1. The molecule has 1 atom stereocenters. The topological polar surface area (TPSA) is 70.1 Å². The number of halogens is 2. The highest BCUT2D eigenvalue weighted by Crippen LogP contribution is 2.27. The lowest BCUT2D eigenvalue weighted by Crippen LogP contribution is -2.50. The number of hydrogen-bond acceptors (Lipinski definition) is 5. The van der Waals surface area contributed by atoms with Gasteiger partial charge in [-0.2, -0.15) is 4.31 Å². The molecule has 6 nitrogen and oxygen atoms in total. The van der Waals surface area contributed by atoms with E-state index in [1.165, 1.54) is 10.6 Å². The van der Waals surface area contributed by atoms with Crippen LogP contribution in [0.2, 0.25) is 10.0 Å². The normalized spacial score (nSPS) is 18.8. The summed E-state index contributed by atoms with van der Waals surface area (Å²) >= 11 is 11.9. The summed E-state index contributed by atoms with van der Waals surface area (Å²) in [6.07, 6.45) is 0.509.